The zero-order chi connectivity index (χ0) is 71.8. The second kappa shape index (κ2) is 33.9. The lowest BCUT2D eigenvalue weighted by Gasteiger charge is -2.50. The Balaban J connectivity index is 1.18. The molecule has 0 unspecified atom stereocenters. The molecule has 0 bridgehead atoms. The summed E-state index contributed by atoms with van der Waals surface area (Å²) in [5, 5.41) is 95.7. The van der Waals surface area contributed by atoms with Crippen molar-refractivity contribution in [1.29, 1.82) is 0 Å². The number of alkyl carbamates (subject to hydrolysis) is 3. The van der Waals surface area contributed by atoms with Gasteiger partial charge in [0.25, 0.3) is 17.1 Å². The highest BCUT2D eigenvalue weighted by Crippen LogP contribution is 2.35. The van der Waals surface area contributed by atoms with Crippen molar-refractivity contribution in [1.82, 2.24) is 36.4 Å². The first-order valence-corrected chi connectivity index (χ1v) is 31.6. The van der Waals surface area contributed by atoms with E-state index in [2.05, 4.69) is 26.6 Å². The van der Waals surface area contributed by atoms with Gasteiger partial charge in [-0.25, -0.2) is 24.0 Å². The third-order valence-electron chi connectivity index (χ3n) is 16.1. The van der Waals surface area contributed by atoms with E-state index in [0.717, 1.165) is 4.90 Å². The molecule has 1 saturated carbocycles. The number of likely N-dealkylation sites (tertiary alicyclic amines) is 1. The minimum atomic E-state index is -2.10. The number of amides is 6. The minimum Gasteiger partial charge on any atom is -0.466 e. The number of hydrogen-bond donors (Lipinski definition) is 9. The first kappa shape index (κ1) is 76.3. The molecule has 0 aromatic heterocycles. The van der Waals surface area contributed by atoms with Gasteiger partial charge in [0, 0.05) is 63.1 Å². The van der Waals surface area contributed by atoms with Gasteiger partial charge in [-0.3, -0.25) is 35.1 Å². The van der Waals surface area contributed by atoms with Crippen LogP contribution in [-0.2, 0) is 67.2 Å². The Labute approximate surface area is 563 Å². The molecule has 3 aromatic rings. The number of nitro benzene ring substituents is 3. The molecule has 0 spiro atoms. The van der Waals surface area contributed by atoms with Crippen LogP contribution in [0.5, 0.6) is 0 Å². The number of nitro groups is 3. The molecule has 7 rings (SSSR count). The van der Waals surface area contributed by atoms with E-state index < -0.39 is 161 Å². The molecule has 3 heterocycles. The number of carbonyl (C=O) groups excluding carboxylic acids is 6. The number of nitrogens with one attached hydrogen (secondary N) is 5. The van der Waals surface area contributed by atoms with Gasteiger partial charge >= 0.3 is 30.5 Å². The van der Waals surface area contributed by atoms with E-state index in [9.17, 15) is 79.5 Å². The molecule has 3 aromatic carbocycles. The van der Waals surface area contributed by atoms with Crippen LogP contribution in [0.4, 0.5) is 41.0 Å². The molecule has 4 aliphatic rings. The molecule has 9 N–H and O–H groups in total. The monoisotopic (exact) mass is 1380 g/mol. The summed E-state index contributed by atoms with van der Waals surface area (Å²) in [4.78, 5) is 116. The van der Waals surface area contributed by atoms with Crippen LogP contribution in [0.25, 0.3) is 0 Å². The summed E-state index contributed by atoms with van der Waals surface area (Å²) in [7, 11) is 1.25. The lowest BCUT2D eigenvalue weighted by Crippen LogP contribution is -2.70. The molecule has 6 amide bonds. The highest BCUT2D eigenvalue weighted by Gasteiger charge is 2.55. The largest absolute Gasteiger partial charge is 0.466 e. The number of rotatable bonds is 25. The fourth-order valence-corrected chi connectivity index (χ4v) is 11.1. The zero-order valence-electron chi connectivity index (χ0n) is 55.4. The Bertz CT molecular complexity index is 3290. The van der Waals surface area contributed by atoms with Gasteiger partial charge in [-0.05, 0) is 152 Å². The second-order valence-electron chi connectivity index (χ2n) is 26.3. The van der Waals surface area contributed by atoms with Gasteiger partial charge in [0.1, 0.15) is 72.9 Å². The Hall–Kier alpha value is -9.10. The minimum absolute atomic E-state index is 0.0295. The summed E-state index contributed by atoms with van der Waals surface area (Å²) in [5.74, 6) is -0.731. The number of non-ortho nitro benzene ring substituents is 3. The van der Waals surface area contributed by atoms with Crippen molar-refractivity contribution in [3.8, 4) is 0 Å². The van der Waals surface area contributed by atoms with Crippen LogP contribution in [0.1, 0.15) is 97.3 Å². The Morgan fingerprint density at radius 2 is 1.15 bits per heavy atom. The third kappa shape index (κ3) is 22.5. The molecular weight excluding hydrogens is 1300 g/mol. The molecule has 3 aliphatic heterocycles. The quantitative estimate of drug-likeness (QED) is 0.0319. The van der Waals surface area contributed by atoms with Gasteiger partial charge in [0.2, 0.25) is 12.2 Å². The topological polar surface area (TPSA) is 462 Å². The van der Waals surface area contributed by atoms with Gasteiger partial charge in [-0.2, -0.15) is 0 Å². The Kier molecular flexibility index (Phi) is 26.4. The van der Waals surface area contributed by atoms with Gasteiger partial charge in [-0.15, -0.1) is 0 Å². The number of aliphatic hydroxyl groups excluding tert-OH is 3. The number of aliphatic hydroxyl groups is 4. The maximum atomic E-state index is 14.2. The smallest absolute Gasteiger partial charge is 0.410 e. The fraction of sp³-hybridized carbons (Fsp3) is 0.587. The van der Waals surface area contributed by atoms with Gasteiger partial charge in [0.05, 0.1) is 52.1 Å². The molecule has 0 radical (unpaired) electrons. The van der Waals surface area contributed by atoms with Crippen molar-refractivity contribution in [2.45, 2.75) is 184 Å². The number of nitrogens with zero attached hydrogens (tertiary/aromatic N) is 5. The molecule has 12 atom stereocenters. The SMILES string of the molecule is CN(C(=O)OC(C)(C)C)[C@@H]1[C@@H](O)[C@@H](O[C@@H]2[C@@H](O)[C@H](O[C@H]3OC(CNCC4CCN(C(=O)OC(C)(C)C)CC4)=CC[C@H]3NC(=O)OCc3ccc([N+](=O)[O-])cc3)[C@@H](NC(=O)OCc3ccc([N+](=O)[O-])cc3)C[C@H]2NC(=O)[C@H](O)CCNC(=O)OCc2ccc([N+](=O)[O-])cc2)OC[C@]1(C)O. The van der Waals surface area contributed by atoms with Crippen molar-refractivity contribution in [2.24, 2.45) is 5.92 Å². The van der Waals surface area contributed by atoms with Crippen molar-refractivity contribution >= 4 is 53.4 Å². The van der Waals surface area contributed by atoms with Gasteiger partial charge in [-0.1, -0.05) is 0 Å². The summed E-state index contributed by atoms with van der Waals surface area (Å²) >= 11 is 0. The van der Waals surface area contributed by atoms with Gasteiger partial charge < -0.3 is 99.4 Å². The number of likely N-dealkylation sites (N-methyl/N-ethyl adjacent to an activating group) is 1. The normalized spacial score (nSPS) is 24.6. The van der Waals surface area contributed by atoms with Crippen molar-refractivity contribution in [3.63, 3.8) is 0 Å². The van der Waals surface area contributed by atoms with Crippen LogP contribution in [0.15, 0.2) is 84.6 Å². The van der Waals surface area contributed by atoms with Crippen LogP contribution >= 0.6 is 0 Å². The molecule has 35 heteroatoms. The molecule has 538 valence electrons. The van der Waals surface area contributed by atoms with E-state index in [-0.39, 0.29) is 61.5 Å². The van der Waals surface area contributed by atoms with Crippen molar-refractivity contribution in [3.05, 3.63) is 132 Å². The maximum absolute atomic E-state index is 14.2. The van der Waals surface area contributed by atoms with Crippen LogP contribution in [0.2, 0.25) is 0 Å². The molecule has 35 nitrogen and oxygen atoms in total. The predicted molar refractivity (Wildman–Crippen MR) is 340 cm³/mol. The van der Waals surface area contributed by atoms with Crippen molar-refractivity contribution in [2.75, 3.05) is 46.4 Å². The average Bonchev–Trinajstić information content (AvgIpc) is 0.766. The average molecular weight is 1380 g/mol. The van der Waals surface area contributed by atoms with E-state index >= 15 is 0 Å². The van der Waals surface area contributed by atoms with E-state index in [1.54, 1.807) is 52.5 Å². The first-order valence-electron chi connectivity index (χ1n) is 31.6. The standard InChI is InChI=1S/C63H86N10O25/c1-61(2,3)97-59(81)69(8)52-49(76)55(93-35-63(52,7)83)96-50-45(66-53(77)47(74)23-26-65-56(78)90-32-37-9-15-40(16-10-37)71(84)85)29-46(68-58(80)92-34-39-13-19-42(20-14-39)73(88)89)51(48(50)75)95-54-44(67-57(79)91-33-38-11-17-41(18-12-38)72(86)87)22-21-43(94-54)31-64-30-36-24-27-70(28-25-36)60(82)98-62(4,5)6/h9-21,36,44-52,54-55,64,74-76,83H,22-35H2,1-8H3,(H,65,78)(H,66,77)(H,67,79)(H,68,80)/t44-,45-,46+,47-,48-,49-,50+,51-,52-,54-,55-,63+/m1/s1. The molecular formula is C63H86N10O25. The summed E-state index contributed by atoms with van der Waals surface area (Å²) in [5.41, 5.74) is -3.24. The maximum Gasteiger partial charge on any atom is 0.410 e. The van der Waals surface area contributed by atoms with Crippen LogP contribution in [0, 0.1) is 36.3 Å². The van der Waals surface area contributed by atoms with Gasteiger partial charge in [0.15, 0.2) is 6.29 Å². The lowest BCUT2D eigenvalue weighted by atomic mass is 9.82. The molecule has 2 saturated heterocycles. The molecule has 98 heavy (non-hydrogen) atoms. The van der Waals surface area contributed by atoms with Crippen LogP contribution < -0.4 is 26.6 Å². The predicted octanol–water partition coefficient (Wildman–Crippen LogP) is 4.57. The number of piperidine rings is 1. The Morgan fingerprint density at radius 3 is 1.64 bits per heavy atom. The summed E-state index contributed by atoms with van der Waals surface area (Å²) < 4.78 is 53.0. The highest BCUT2D eigenvalue weighted by atomic mass is 16.7. The van der Waals surface area contributed by atoms with Crippen molar-refractivity contribution < 1.29 is 107 Å². The number of benzene rings is 3. The summed E-state index contributed by atoms with van der Waals surface area (Å²) in [6.45, 7) is 10.8. The first-order chi connectivity index (χ1) is 46.1. The van der Waals surface area contributed by atoms with E-state index in [1.807, 2.05) is 0 Å². The zero-order valence-corrected chi connectivity index (χ0v) is 55.4. The Morgan fingerprint density at radius 1 is 0.684 bits per heavy atom. The fourth-order valence-electron chi connectivity index (χ4n) is 11.1. The lowest BCUT2D eigenvalue weighted by molar-refractivity contribution is -0.385. The third-order valence-corrected chi connectivity index (χ3v) is 16.1. The van der Waals surface area contributed by atoms with E-state index in [1.165, 1.54) is 86.8 Å². The highest BCUT2D eigenvalue weighted by molar-refractivity contribution is 5.81. The van der Waals surface area contributed by atoms with E-state index in [0.29, 0.717) is 49.2 Å². The summed E-state index contributed by atoms with van der Waals surface area (Å²) in [6, 6.07) is 9.74. The van der Waals surface area contributed by atoms with Crippen LogP contribution in [0.3, 0.4) is 0 Å². The molecule has 3 fully saturated rings. The van der Waals surface area contributed by atoms with Crippen LogP contribution in [-0.4, -0.2) is 212 Å². The number of ether oxygens (including phenoxy) is 9. The molecule has 1 aliphatic carbocycles. The summed E-state index contributed by atoms with van der Waals surface area (Å²) in [6.07, 6.45) is -15.7. The number of hydrogen-bond acceptors (Lipinski definition) is 26. The number of carbonyl (C=O) groups is 6. The van der Waals surface area contributed by atoms with E-state index in [4.69, 9.17) is 42.6 Å². The second-order valence-corrected chi connectivity index (χ2v) is 26.3.